The summed E-state index contributed by atoms with van der Waals surface area (Å²) in [6.45, 7) is 0. The van der Waals surface area contributed by atoms with E-state index in [0.717, 1.165) is 27.9 Å². The van der Waals surface area contributed by atoms with Crippen LogP contribution in [0.25, 0.3) is 66.7 Å². The molecule has 2 nitrogen and oxygen atoms in total. The van der Waals surface area contributed by atoms with Crippen LogP contribution in [0.2, 0.25) is 0 Å². The van der Waals surface area contributed by atoms with Gasteiger partial charge in [0.15, 0.2) is 0 Å². The molecule has 0 fully saturated rings. The molecular weight excluding hydrogens is 641 g/mol. The number of aromatic nitrogens is 2. The van der Waals surface area contributed by atoms with Crippen LogP contribution in [-0.2, 0) is 5.41 Å². The lowest BCUT2D eigenvalue weighted by molar-refractivity contribution is 0.769. The maximum absolute atomic E-state index is 4.80. The van der Waals surface area contributed by atoms with E-state index < -0.39 is 5.41 Å². The van der Waals surface area contributed by atoms with Crippen LogP contribution in [-0.4, -0.2) is 9.97 Å². The normalized spacial score (nSPS) is 12.7. The van der Waals surface area contributed by atoms with E-state index in [0.29, 0.717) is 0 Å². The minimum atomic E-state index is -0.477. The van der Waals surface area contributed by atoms with Crippen molar-refractivity contribution in [3.63, 3.8) is 0 Å². The highest BCUT2D eigenvalue weighted by Gasteiger charge is 2.45. The summed E-state index contributed by atoms with van der Waals surface area (Å²) in [5.41, 5.74) is 16.1. The maximum Gasteiger partial charge on any atom is 0.0780 e. The van der Waals surface area contributed by atoms with E-state index in [1.165, 1.54) is 61.0 Å². The summed E-state index contributed by atoms with van der Waals surface area (Å²) in [6, 6.07) is 70.3. The van der Waals surface area contributed by atoms with Crippen molar-refractivity contribution in [1.82, 2.24) is 9.97 Å². The van der Waals surface area contributed by atoms with E-state index in [1.54, 1.807) is 0 Å². The third-order valence-corrected chi connectivity index (χ3v) is 10.9. The van der Waals surface area contributed by atoms with Crippen LogP contribution in [0, 0.1) is 0 Å². The summed E-state index contributed by atoms with van der Waals surface area (Å²) in [6.07, 6.45) is 3.75. The van der Waals surface area contributed by atoms with Gasteiger partial charge in [0.25, 0.3) is 0 Å². The molecule has 2 heterocycles. The highest BCUT2D eigenvalue weighted by atomic mass is 14.7. The zero-order valence-electron chi connectivity index (χ0n) is 29.0. The van der Waals surface area contributed by atoms with Gasteiger partial charge < -0.3 is 0 Å². The molecular formula is C51H34N2. The van der Waals surface area contributed by atoms with E-state index in [-0.39, 0.29) is 0 Å². The Kier molecular flexibility index (Phi) is 7.40. The molecule has 0 saturated heterocycles. The molecule has 0 N–H and O–H groups in total. The zero-order valence-corrected chi connectivity index (χ0v) is 29.0. The van der Waals surface area contributed by atoms with Crippen molar-refractivity contribution in [1.29, 1.82) is 0 Å². The molecule has 10 rings (SSSR count). The lowest BCUT2D eigenvalue weighted by Gasteiger charge is -2.34. The van der Waals surface area contributed by atoms with Crippen molar-refractivity contribution in [3.05, 3.63) is 229 Å². The Labute approximate surface area is 309 Å². The maximum atomic E-state index is 4.80. The third-order valence-electron chi connectivity index (χ3n) is 10.9. The molecule has 1 aliphatic rings. The number of benzene rings is 7. The molecule has 53 heavy (non-hydrogen) atoms. The molecule has 2 heteroatoms. The molecule has 0 atom stereocenters. The van der Waals surface area contributed by atoms with Crippen molar-refractivity contribution in [2.45, 2.75) is 5.41 Å². The first kappa shape index (κ1) is 30.9. The molecule has 0 amide bonds. The van der Waals surface area contributed by atoms with Crippen molar-refractivity contribution in [3.8, 4) is 55.9 Å². The average Bonchev–Trinajstić information content (AvgIpc) is 3.55. The molecule has 2 aromatic heterocycles. The Morgan fingerprint density at radius 1 is 0.340 bits per heavy atom. The number of nitrogens with zero attached hydrogens (tertiary/aromatic N) is 2. The number of hydrogen-bond acceptors (Lipinski definition) is 2. The van der Waals surface area contributed by atoms with Gasteiger partial charge in [-0.3, -0.25) is 9.97 Å². The van der Waals surface area contributed by atoms with Crippen molar-refractivity contribution in [2.24, 2.45) is 0 Å². The Morgan fingerprint density at radius 2 is 0.887 bits per heavy atom. The van der Waals surface area contributed by atoms with Gasteiger partial charge in [0, 0.05) is 28.9 Å². The minimum Gasteiger partial charge on any atom is -0.256 e. The minimum absolute atomic E-state index is 0.477. The molecule has 0 bridgehead atoms. The quantitative estimate of drug-likeness (QED) is 0.175. The second-order valence-corrected chi connectivity index (χ2v) is 13.8. The van der Waals surface area contributed by atoms with Gasteiger partial charge in [-0.25, -0.2) is 0 Å². The Hall–Kier alpha value is -6.90. The molecule has 0 radical (unpaired) electrons. The van der Waals surface area contributed by atoms with Crippen molar-refractivity contribution in [2.75, 3.05) is 0 Å². The predicted molar refractivity (Wildman–Crippen MR) is 219 cm³/mol. The number of rotatable bonds is 6. The van der Waals surface area contributed by atoms with Crippen LogP contribution in [0.5, 0.6) is 0 Å². The Balaban J connectivity index is 1.08. The van der Waals surface area contributed by atoms with Crippen LogP contribution < -0.4 is 0 Å². The molecule has 0 spiro atoms. The van der Waals surface area contributed by atoms with E-state index >= 15 is 0 Å². The average molecular weight is 675 g/mol. The third kappa shape index (κ3) is 5.11. The fraction of sp³-hybridized carbons (Fsp3) is 0.0196. The number of fused-ring (bicyclic) bond motifs is 4. The van der Waals surface area contributed by atoms with Crippen LogP contribution in [0.3, 0.4) is 0 Å². The number of hydrogen-bond donors (Lipinski definition) is 0. The highest BCUT2D eigenvalue weighted by molar-refractivity contribution is 5.95. The Morgan fingerprint density at radius 3 is 1.53 bits per heavy atom. The van der Waals surface area contributed by atoms with Crippen molar-refractivity contribution >= 4 is 10.8 Å². The van der Waals surface area contributed by atoms with E-state index in [1.807, 2.05) is 24.5 Å². The molecule has 0 aliphatic heterocycles. The van der Waals surface area contributed by atoms with Crippen molar-refractivity contribution < 1.29 is 0 Å². The van der Waals surface area contributed by atoms with Gasteiger partial charge in [0.05, 0.1) is 16.8 Å². The van der Waals surface area contributed by atoms with E-state index in [9.17, 15) is 0 Å². The van der Waals surface area contributed by atoms with Gasteiger partial charge in [0.2, 0.25) is 0 Å². The summed E-state index contributed by atoms with van der Waals surface area (Å²) >= 11 is 0. The molecule has 9 aromatic rings. The first-order valence-corrected chi connectivity index (χ1v) is 18.1. The van der Waals surface area contributed by atoms with Gasteiger partial charge in [0.1, 0.15) is 0 Å². The monoisotopic (exact) mass is 674 g/mol. The molecule has 1 aliphatic carbocycles. The summed E-state index contributed by atoms with van der Waals surface area (Å²) in [5, 5.41) is 2.36. The number of pyridine rings is 2. The summed E-state index contributed by atoms with van der Waals surface area (Å²) < 4.78 is 0. The molecule has 248 valence electrons. The first-order valence-electron chi connectivity index (χ1n) is 18.1. The predicted octanol–water partition coefficient (Wildman–Crippen LogP) is 12.7. The van der Waals surface area contributed by atoms with Gasteiger partial charge >= 0.3 is 0 Å². The van der Waals surface area contributed by atoms with Gasteiger partial charge in [-0.1, -0.05) is 164 Å². The summed E-state index contributed by atoms with van der Waals surface area (Å²) in [5.74, 6) is 0. The highest BCUT2D eigenvalue weighted by Crippen LogP contribution is 2.56. The largest absolute Gasteiger partial charge is 0.256 e. The SMILES string of the molecule is c1ccc(-c2cccc(-c3ccc(C4(c5ccc(-c6cccc(-c7nccc8ccccc78)c6)cc5)c5ccccc5-c5ccccc54)cc3)c2)nc1. The molecule has 7 aromatic carbocycles. The van der Waals surface area contributed by atoms with Crippen LogP contribution in [0.1, 0.15) is 22.3 Å². The molecule has 0 unspecified atom stereocenters. The fourth-order valence-electron chi connectivity index (χ4n) is 8.44. The van der Waals surface area contributed by atoms with Crippen LogP contribution in [0.4, 0.5) is 0 Å². The summed E-state index contributed by atoms with van der Waals surface area (Å²) in [4.78, 5) is 9.39. The van der Waals surface area contributed by atoms with Gasteiger partial charge in [-0.2, -0.15) is 0 Å². The standard InChI is InChI=1S/C51H34N2/c1-2-16-44-37(11-1)30-32-53-50(44)41-15-10-13-39(34-41)36-24-28-43(29-25-36)51(47-19-5-3-17-45(47)46-18-4-6-20-48(46)51)42-26-22-35(23-27-42)38-12-9-14-40(33-38)49-21-7-8-31-52-49/h1-34H. The first-order chi connectivity index (χ1) is 26.3. The summed E-state index contributed by atoms with van der Waals surface area (Å²) in [7, 11) is 0. The van der Waals surface area contributed by atoms with E-state index in [2.05, 4.69) is 187 Å². The van der Waals surface area contributed by atoms with E-state index in [4.69, 9.17) is 4.98 Å². The lowest BCUT2D eigenvalue weighted by Crippen LogP contribution is -2.28. The topological polar surface area (TPSA) is 25.8 Å². The second-order valence-electron chi connectivity index (χ2n) is 13.8. The van der Waals surface area contributed by atoms with Crippen LogP contribution in [0.15, 0.2) is 207 Å². The Bertz CT molecular complexity index is 2710. The second kappa shape index (κ2) is 12.7. The fourth-order valence-corrected chi connectivity index (χ4v) is 8.44. The van der Waals surface area contributed by atoms with Gasteiger partial charge in [-0.05, 0) is 91.4 Å². The van der Waals surface area contributed by atoms with Crippen LogP contribution >= 0.6 is 0 Å². The zero-order chi connectivity index (χ0) is 35.2. The molecule has 0 saturated carbocycles. The lowest BCUT2D eigenvalue weighted by atomic mass is 9.67. The smallest absolute Gasteiger partial charge is 0.0780 e. The van der Waals surface area contributed by atoms with Gasteiger partial charge in [-0.15, -0.1) is 0 Å².